The molecule has 0 atom stereocenters. The number of ether oxygens (including phenoxy) is 2. The lowest BCUT2D eigenvalue weighted by Gasteiger charge is -2.15. The molecule has 90 valence electrons. The first-order chi connectivity index (χ1) is 7.56. The van der Waals surface area contributed by atoms with E-state index in [4.69, 9.17) is 32.7 Å². The molecule has 0 radical (unpaired) electrons. The molecule has 0 aromatic heterocycles. The van der Waals surface area contributed by atoms with Gasteiger partial charge in [-0.1, -0.05) is 30.1 Å². The zero-order chi connectivity index (χ0) is 12.1. The second kappa shape index (κ2) is 6.21. The summed E-state index contributed by atoms with van der Waals surface area (Å²) in [6.45, 7) is 6.50. The molecule has 0 saturated carbocycles. The van der Waals surface area contributed by atoms with Crippen LogP contribution in [0, 0.1) is 0 Å². The van der Waals surface area contributed by atoms with Crippen LogP contribution in [0.4, 0.5) is 0 Å². The Labute approximate surface area is 106 Å². The van der Waals surface area contributed by atoms with E-state index in [9.17, 15) is 0 Å². The van der Waals surface area contributed by atoms with E-state index in [0.29, 0.717) is 28.2 Å². The number of hydrogen-bond acceptors (Lipinski definition) is 2. The first-order valence-corrected chi connectivity index (χ1v) is 6.09. The standard InChI is InChI=1S/C12H16Cl2O2/c1-4-7-15-12-9(13)5-6-10(11(12)14)16-8(2)3/h5-6,8H,4,7H2,1-3H3. The van der Waals surface area contributed by atoms with Crippen LogP contribution in [0.15, 0.2) is 12.1 Å². The SMILES string of the molecule is CCCOc1c(Cl)ccc(OC(C)C)c1Cl. The first kappa shape index (κ1) is 13.5. The molecule has 0 unspecified atom stereocenters. The zero-order valence-electron chi connectivity index (χ0n) is 9.72. The molecule has 0 heterocycles. The summed E-state index contributed by atoms with van der Waals surface area (Å²) in [5, 5.41) is 0.948. The summed E-state index contributed by atoms with van der Waals surface area (Å²) in [6, 6.07) is 3.49. The van der Waals surface area contributed by atoms with E-state index < -0.39 is 0 Å². The number of halogens is 2. The van der Waals surface area contributed by atoms with Crippen molar-refractivity contribution in [3.8, 4) is 11.5 Å². The normalized spacial score (nSPS) is 10.6. The van der Waals surface area contributed by atoms with Crippen molar-refractivity contribution in [3.05, 3.63) is 22.2 Å². The van der Waals surface area contributed by atoms with E-state index in [0.717, 1.165) is 6.42 Å². The molecular weight excluding hydrogens is 247 g/mol. The molecule has 0 spiro atoms. The van der Waals surface area contributed by atoms with Gasteiger partial charge in [0.1, 0.15) is 10.8 Å². The van der Waals surface area contributed by atoms with Crippen LogP contribution in [-0.2, 0) is 0 Å². The Bertz CT molecular complexity index is 351. The van der Waals surface area contributed by atoms with Gasteiger partial charge in [0.05, 0.1) is 17.7 Å². The van der Waals surface area contributed by atoms with Gasteiger partial charge in [0.25, 0.3) is 0 Å². The maximum absolute atomic E-state index is 6.16. The third-order valence-corrected chi connectivity index (χ3v) is 2.48. The van der Waals surface area contributed by atoms with Crippen LogP contribution in [0.1, 0.15) is 27.2 Å². The van der Waals surface area contributed by atoms with E-state index in [-0.39, 0.29) is 6.10 Å². The highest BCUT2D eigenvalue weighted by atomic mass is 35.5. The lowest BCUT2D eigenvalue weighted by atomic mass is 10.3. The molecule has 0 aliphatic heterocycles. The number of benzene rings is 1. The highest BCUT2D eigenvalue weighted by Crippen LogP contribution is 2.40. The Morgan fingerprint density at radius 1 is 1.25 bits per heavy atom. The molecule has 0 amide bonds. The lowest BCUT2D eigenvalue weighted by Crippen LogP contribution is -2.06. The molecule has 4 heteroatoms. The van der Waals surface area contributed by atoms with Crippen molar-refractivity contribution in [1.82, 2.24) is 0 Å². The predicted octanol–water partition coefficient (Wildman–Crippen LogP) is 4.57. The van der Waals surface area contributed by atoms with Crippen LogP contribution in [0.25, 0.3) is 0 Å². The van der Waals surface area contributed by atoms with Crippen molar-refractivity contribution in [2.75, 3.05) is 6.61 Å². The molecule has 0 saturated heterocycles. The van der Waals surface area contributed by atoms with Crippen LogP contribution >= 0.6 is 23.2 Å². The fourth-order valence-electron chi connectivity index (χ4n) is 1.20. The van der Waals surface area contributed by atoms with E-state index in [1.54, 1.807) is 12.1 Å². The van der Waals surface area contributed by atoms with Crippen molar-refractivity contribution in [1.29, 1.82) is 0 Å². The minimum atomic E-state index is 0.0673. The maximum atomic E-state index is 6.16. The fraction of sp³-hybridized carbons (Fsp3) is 0.500. The van der Waals surface area contributed by atoms with Crippen LogP contribution in [-0.4, -0.2) is 12.7 Å². The van der Waals surface area contributed by atoms with Crippen LogP contribution in [0.2, 0.25) is 10.0 Å². The van der Waals surface area contributed by atoms with E-state index in [2.05, 4.69) is 0 Å². The van der Waals surface area contributed by atoms with Crippen molar-refractivity contribution in [3.63, 3.8) is 0 Å². The predicted molar refractivity (Wildman–Crippen MR) is 68.0 cm³/mol. The van der Waals surface area contributed by atoms with Gasteiger partial charge in [-0.2, -0.15) is 0 Å². The molecule has 16 heavy (non-hydrogen) atoms. The Balaban J connectivity index is 2.96. The van der Waals surface area contributed by atoms with Crippen LogP contribution < -0.4 is 9.47 Å². The molecule has 2 nitrogen and oxygen atoms in total. The second-order valence-electron chi connectivity index (χ2n) is 3.70. The summed E-state index contributed by atoms with van der Waals surface area (Å²) in [5.74, 6) is 1.11. The van der Waals surface area contributed by atoms with Gasteiger partial charge >= 0.3 is 0 Å². The third kappa shape index (κ3) is 3.46. The highest BCUT2D eigenvalue weighted by molar-refractivity contribution is 6.38. The lowest BCUT2D eigenvalue weighted by molar-refractivity contribution is 0.240. The van der Waals surface area contributed by atoms with Crippen molar-refractivity contribution >= 4 is 23.2 Å². The van der Waals surface area contributed by atoms with E-state index in [1.807, 2.05) is 20.8 Å². The first-order valence-electron chi connectivity index (χ1n) is 5.33. The number of hydrogen-bond donors (Lipinski definition) is 0. The molecule has 0 bridgehead atoms. The number of rotatable bonds is 5. The zero-order valence-corrected chi connectivity index (χ0v) is 11.2. The van der Waals surface area contributed by atoms with Crippen molar-refractivity contribution in [2.24, 2.45) is 0 Å². The summed E-state index contributed by atoms with van der Waals surface area (Å²) in [4.78, 5) is 0. The molecule has 0 fully saturated rings. The summed E-state index contributed by atoms with van der Waals surface area (Å²) in [6.07, 6.45) is 0.972. The molecule has 1 aromatic rings. The summed E-state index contributed by atoms with van der Waals surface area (Å²) < 4.78 is 11.0. The average Bonchev–Trinajstić information content (AvgIpc) is 2.22. The molecule has 0 aliphatic rings. The van der Waals surface area contributed by atoms with Gasteiger partial charge in [-0.3, -0.25) is 0 Å². The average molecular weight is 263 g/mol. The van der Waals surface area contributed by atoms with Gasteiger partial charge in [-0.25, -0.2) is 0 Å². The minimum Gasteiger partial charge on any atom is -0.490 e. The summed E-state index contributed by atoms with van der Waals surface area (Å²) in [7, 11) is 0. The quantitative estimate of drug-likeness (QED) is 0.774. The Hall–Kier alpha value is -0.600. The second-order valence-corrected chi connectivity index (χ2v) is 4.49. The molecule has 1 aromatic carbocycles. The fourth-order valence-corrected chi connectivity index (χ4v) is 1.72. The van der Waals surface area contributed by atoms with Gasteiger partial charge in [0, 0.05) is 0 Å². The van der Waals surface area contributed by atoms with Crippen molar-refractivity contribution < 1.29 is 9.47 Å². The van der Waals surface area contributed by atoms with Crippen molar-refractivity contribution in [2.45, 2.75) is 33.3 Å². The minimum absolute atomic E-state index is 0.0673. The summed E-state index contributed by atoms with van der Waals surface area (Å²) >= 11 is 12.2. The highest BCUT2D eigenvalue weighted by Gasteiger charge is 2.13. The van der Waals surface area contributed by atoms with Crippen LogP contribution in [0.3, 0.4) is 0 Å². The largest absolute Gasteiger partial charge is 0.490 e. The van der Waals surface area contributed by atoms with Gasteiger partial charge in [-0.05, 0) is 32.4 Å². The summed E-state index contributed by atoms with van der Waals surface area (Å²) in [5.41, 5.74) is 0. The Morgan fingerprint density at radius 3 is 2.50 bits per heavy atom. The van der Waals surface area contributed by atoms with Gasteiger partial charge in [0.15, 0.2) is 5.75 Å². The van der Waals surface area contributed by atoms with Gasteiger partial charge in [-0.15, -0.1) is 0 Å². The van der Waals surface area contributed by atoms with Gasteiger partial charge in [0.2, 0.25) is 0 Å². The Kier molecular flexibility index (Phi) is 5.23. The topological polar surface area (TPSA) is 18.5 Å². The maximum Gasteiger partial charge on any atom is 0.160 e. The smallest absolute Gasteiger partial charge is 0.160 e. The third-order valence-electron chi connectivity index (χ3n) is 1.83. The van der Waals surface area contributed by atoms with Crippen LogP contribution in [0.5, 0.6) is 11.5 Å². The monoisotopic (exact) mass is 262 g/mol. The van der Waals surface area contributed by atoms with Gasteiger partial charge < -0.3 is 9.47 Å². The van der Waals surface area contributed by atoms with E-state index >= 15 is 0 Å². The van der Waals surface area contributed by atoms with E-state index in [1.165, 1.54) is 0 Å². The molecule has 1 rings (SSSR count). The molecule has 0 aliphatic carbocycles. The Morgan fingerprint density at radius 2 is 1.94 bits per heavy atom. The molecule has 0 N–H and O–H groups in total. The molecular formula is C12H16Cl2O2.